The quantitative estimate of drug-likeness (QED) is 0.230. The van der Waals surface area contributed by atoms with Gasteiger partial charge in [0.2, 0.25) is 0 Å². The number of methoxy groups -OCH3 is 1. The Morgan fingerprint density at radius 1 is 1.00 bits per heavy atom. The van der Waals surface area contributed by atoms with Gasteiger partial charge in [0.25, 0.3) is 5.91 Å². The molecule has 5 nitrogen and oxygen atoms in total. The first-order valence-electron chi connectivity index (χ1n) is 10.2. The van der Waals surface area contributed by atoms with Gasteiger partial charge in [-0.05, 0) is 58.3 Å². The molecule has 1 N–H and O–H groups in total. The number of rotatable bonds is 7. The minimum Gasteiger partial charge on any atom is -0.496 e. The van der Waals surface area contributed by atoms with Gasteiger partial charge in [-0.15, -0.1) is 0 Å². The van der Waals surface area contributed by atoms with E-state index in [1.165, 1.54) is 25.5 Å². The van der Waals surface area contributed by atoms with Gasteiger partial charge in [0, 0.05) is 0 Å². The summed E-state index contributed by atoms with van der Waals surface area (Å²) < 4.78 is 24.1. The predicted octanol–water partition coefficient (Wildman–Crippen LogP) is 6.64. The number of hydrazone groups is 1. The molecule has 4 rings (SSSR count). The van der Waals surface area contributed by atoms with Crippen LogP contribution >= 0.6 is 23.2 Å². The van der Waals surface area contributed by atoms with E-state index in [0.717, 1.165) is 16.3 Å². The van der Waals surface area contributed by atoms with E-state index in [1.54, 1.807) is 36.4 Å². The van der Waals surface area contributed by atoms with Crippen LogP contribution in [0.5, 0.6) is 11.5 Å². The number of fused-ring (bicyclic) bond motifs is 1. The average Bonchev–Trinajstić information content (AvgIpc) is 2.83. The largest absolute Gasteiger partial charge is 0.496 e. The molecule has 0 atom stereocenters. The molecule has 172 valence electrons. The van der Waals surface area contributed by atoms with Crippen molar-refractivity contribution in [1.29, 1.82) is 0 Å². The van der Waals surface area contributed by atoms with Crippen LogP contribution in [0.4, 0.5) is 4.39 Å². The van der Waals surface area contributed by atoms with Crippen molar-refractivity contribution < 1.29 is 18.7 Å². The lowest BCUT2D eigenvalue weighted by molar-refractivity contribution is 0.0952. The molecule has 0 radical (unpaired) electrons. The Labute approximate surface area is 205 Å². The number of nitrogens with zero attached hydrogens (tertiary/aromatic N) is 1. The number of benzene rings is 4. The lowest BCUT2D eigenvalue weighted by atomic mass is 10.1. The molecule has 0 aromatic heterocycles. The Kier molecular flexibility index (Phi) is 7.30. The van der Waals surface area contributed by atoms with E-state index >= 15 is 0 Å². The number of ether oxygens (including phenoxy) is 2. The van der Waals surface area contributed by atoms with Crippen LogP contribution in [-0.2, 0) is 6.61 Å². The normalized spacial score (nSPS) is 11.1. The fourth-order valence-electron chi connectivity index (χ4n) is 3.32. The molecular weight excluding hydrogens is 478 g/mol. The average molecular weight is 497 g/mol. The Balaban J connectivity index is 1.45. The minimum absolute atomic E-state index is 0.177. The van der Waals surface area contributed by atoms with E-state index in [9.17, 15) is 9.18 Å². The molecule has 0 saturated heterocycles. The van der Waals surface area contributed by atoms with Gasteiger partial charge in [-0.25, -0.2) is 9.82 Å². The third-order valence-electron chi connectivity index (χ3n) is 5.01. The maximum absolute atomic E-state index is 13.0. The summed E-state index contributed by atoms with van der Waals surface area (Å²) in [6.45, 7) is 0.177. The number of hydrogen-bond donors (Lipinski definition) is 1. The summed E-state index contributed by atoms with van der Waals surface area (Å²) in [6, 6.07) is 20.4. The van der Waals surface area contributed by atoms with Crippen LogP contribution in [0.15, 0.2) is 77.9 Å². The van der Waals surface area contributed by atoms with Crippen LogP contribution in [0.2, 0.25) is 10.0 Å². The maximum atomic E-state index is 13.0. The SMILES string of the molecule is COc1cc2ccccc2cc1C(=O)N/N=C\c1cc(Cl)c(OCc2ccc(F)cc2)c(Cl)c1. The molecule has 0 fully saturated rings. The van der Waals surface area contributed by atoms with Crippen molar-refractivity contribution >= 4 is 46.1 Å². The number of hydrogen-bond acceptors (Lipinski definition) is 4. The fourth-order valence-corrected chi connectivity index (χ4v) is 3.93. The summed E-state index contributed by atoms with van der Waals surface area (Å²) in [5.74, 6) is -0.000192. The number of carbonyl (C=O) groups is 1. The van der Waals surface area contributed by atoms with Crippen LogP contribution in [0, 0.1) is 5.82 Å². The zero-order chi connectivity index (χ0) is 24.1. The molecule has 0 spiro atoms. The summed E-state index contributed by atoms with van der Waals surface area (Å²) in [6.07, 6.45) is 1.42. The molecule has 0 aliphatic rings. The van der Waals surface area contributed by atoms with Gasteiger partial charge in [0.1, 0.15) is 18.2 Å². The van der Waals surface area contributed by atoms with Crippen LogP contribution in [-0.4, -0.2) is 19.2 Å². The predicted molar refractivity (Wildman–Crippen MR) is 133 cm³/mol. The standard InChI is InChI=1S/C26H19Cl2FN2O3/c1-33-24-13-19-5-3-2-4-18(19)12-21(24)26(32)31-30-14-17-10-22(27)25(23(28)11-17)34-15-16-6-8-20(29)9-7-16/h2-14H,15H2,1H3,(H,31,32)/b30-14-. The van der Waals surface area contributed by atoms with Gasteiger partial charge in [-0.3, -0.25) is 4.79 Å². The molecule has 0 aliphatic heterocycles. The molecule has 8 heteroatoms. The van der Waals surface area contributed by atoms with Gasteiger partial charge >= 0.3 is 0 Å². The minimum atomic E-state index is -0.421. The lowest BCUT2D eigenvalue weighted by Gasteiger charge is -2.11. The molecule has 4 aromatic carbocycles. The molecule has 0 unspecified atom stereocenters. The van der Waals surface area contributed by atoms with Gasteiger partial charge in [0.15, 0.2) is 5.75 Å². The van der Waals surface area contributed by atoms with Crippen molar-refractivity contribution in [2.45, 2.75) is 6.61 Å². The van der Waals surface area contributed by atoms with E-state index in [2.05, 4.69) is 10.5 Å². The highest BCUT2D eigenvalue weighted by Crippen LogP contribution is 2.34. The van der Waals surface area contributed by atoms with Crippen LogP contribution in [0.1, 0.15) is 21.5 Å². The number of amides is 1. The third kappa shape index (κ3) is 5.47. The first-order valence-corrected chi connectivity index (χ1v) is 11.0. The molecule has 34 heavy (non-hydrogen) atoms. The molecule has 4 aromatic rings. The highest BCUT2D eigenvalue weighted by atomic mass is 35.5. The summed E-state index contributed by atoms with van der Waals surface area (Å²) in [4.78, 5) is 12.7. The summed E-state index contributed by atoms with van der Waals surface area (Å²) in [7, 11) is 1.51. The first-order chi connectivity index (χ1) is 16.4. The summed E-state index contributed by atoms with van der Waals surface area (Å²) in [5.41, 5.74) is 4.19. The van der Waals surface area contributed by atoms with Crippen molar-refractivity contribution in [3.8, 4) is 11.5 Å². The number of halogens is 3. The molecule has 0 heterocycles. The van der Waals surface area contributed by atoms with Crippen molar-refractivity contribution in [2.24, 2.45) is 5.10 Å². The third-order valence-corrected chi connectivity index (χ3v) is 5.57. The molecule has 1 amide bonds. The second-order valence-electron chi connectivity index (χ2n) is 7.33. The molecule has 0 saturated carbocycles. The van der Waals surface area contributed by atoms with E-state index in [1.807, 2.05) is 24.3 Å². The van der Waals surface area contributed by atoms with E-state index in [-0.39, 0.29) is 22.5 Å². The van der Waals surface area contributed by atoms with Crippen molar-refractivity contribution in [3.63, 3.8) is 0 Å². The first kappa shape index (κ1) is 23.5. The fraction of sp³-hybridized carbons (Fsp3) is 0.0769. The Bertz CT molecular complexity index is 1350. The van der Waals surface area contributed by atoms with Gasteiger partial charge in [-0.1, -0.05) is 59.6 Å². The van der Waals surface area contributed by atoms with E-state index in [4.69, 9.17) is 32.7 Å². The molecular formula is C26H19Cl2FN2O3. The number of carbonyl (C=O) groups excluding carboxylic acids is 1. The topological polar surface area (TPSA) is 59.9 Å². The smallest absolute Gasteiger partial charge is 0.275 e. The van der Waals surface area contributed by atoms with Crippen molar-refractivity contribution in [1.82, 2.24) is 5.43 Å². The van der Waals surface area contributed by atoms with Crippen LogP contribution in [0.3, 0.4) is 0 Å². The molecule has 0 bridgehead atoms. The summed E-state index contributed by atoms with van der Waals surface area (Å²) >= 11 is 12.6. The van der Waals surface area contributed by atoms with Gasteiger partial charge in [0.05, 0.1) is 28.9 Å². The second-order valence-corrected chi connectivity index (χ2v) is 8.14. The van der Waals surface area contributed by atoms with E-state index < -0.39 is 5.91 Å². The van der Waals surface area contributed by atoms with Crippen LogP contribution in [0.25, 0.3) is 10.8 Å². The monoisotopic (exact) mass is 496 g/mol. The number of nitrogens with one attached hydrogen (secondary N) is 1. The molecule has 0 aliphatic carbocycles. The Morgan fingerprint density at radius 3 is 2.29 bits per heavy atom. The van der Waals surface area contributed by atoms with Gasteiger partial charge < -0.3 is 9.47 Å². The maximum Gasteiger partial charge on any atom is 0.275 e. The summed E-state index contributed by atoms with van der Waals surface area (Å²) in [5, 5.41) is 6.44. The van der Waals surface area contributed by atoms with E-state index in [0.29, 0.717) is 22.6 Å². The second kappa shape index (κ2) is 10.5. The highest BCUT2D eigenvalue weighted by molar-refractivity contribution is 6.37. The van der Waals surface area contributed by atoms with Gasteiger partial charge in [-0.2, -0.15) is 5.10 Å². The highest BCUT2D eigenvalue weighted by Gasteiger charge is 2.14. The zero-order valence-electron chi connectivity index (χ0n) is 18.0. The Morgan fingerprint density at radius 2 is 1.65 bits per heavy atom. The lowest BCUT2D eigenvalue weighted by Crippen LogP contribution is -2.18. The Hall–Kier alpha value is -3.61. The van der Waals surface area contributed by atoms with Crippen LogP contribution < -0.4 is 14.9 Å². The van der Waals surface area contributed by atoms with Crippen molar-refractivity contribution in [2.75, 3.05) is 7.11 Å². The van der Waals surface area contributed by atoms with Crippen molar-refractivity contribution in [3.05, 3.63) is 105 Å². The zero-order valence-corrected chi connectivity index (χ0v) is 19.5.